The highest BCUT2D eigenvalue weighted by Gasteiger charge is 2.50. The van der Waals surface area contributed by atoms with Gasteiger partial charge < -0.3 is 70.1 Å². The molecule has 0 bridgehead atoms. The number of hydrogen-bond acceptors (Lipinski definition) is 14. The minimum atomic E-state index is -1.63. The number of aliphatic hydroxyl groups excluding tert-OH is 7. The topological polar surface area (TPSA) is 246 Å². The van der Waals surface area contributed by atoms with Gasteiger partial charge in [-0.05, 0) is 0 Å². The van der Waals surface area contributed by atoms with Gasteiger partial charge >= 0.3 is 0 Å². The van der Waals surface area contributed by atoms with Crippen molar-refractivity contribution in [3.05, 3.63) is 0 Å². The van der Waals surface area contributed by atoms with Crippen LogP contribution in [0, 0.1) is 0 Å². The maximum absolute atomic E-state index is 11.6. The number of aliphatic hydroxyl groups is 7. The zero-order valence-electron chi connectivity index (χ0n) is 21.0. The number of nitrogens with one attached hydrogen (secondary N) is 2. The molecule has 0 aromatic heterocycles. The van der Waals surface area contributed by atoms with Gasteiger partial charge in [-0.3, -0.25) is 9.59 Å². The smallest absolute Gasteiger partial charge is 0.217 e. The highest BCUT2D eigenvalue weighted by molar-refractivity contribution is 5.73. The van der Waals surface area contributed by atoms with Crippen LogP contribution in [-0.4, -0.2) is 147 Å². The Balaban J connectivity index is 1.71. The van der Waals surface area contributed by atoms with Crippen LogP contribution in [-0.2, 0) is 33.3 Å². The van der Waals surface area contributed by atoms with Crippen LogP contribution in [0.5, 0.6) is 0 Å². The maximum atomic E-state index is 11.6. The third-order valence-corrected chi connectivity index (χ3v) is 6.64. The minimum absolute atomic E-state index is 0.0242. The normalized spacial score (nSPS) is 43.9. The highest BCUT2D eigenvalue weighted by Crippen LogP contribution is 2.31. The number of ether oxygens (including phenoxy) is 5. The molecular weight excluding hydrogens is 516 g/mol. The van der Waals surface area contributed by atoms with Crippen molar-refractivity contribution in [2.75, 3.05) is 19.8 Å². The van der Waals surface area contributed by atoms with Crippen LogP contribution in [0.3, 0.4) is 0 Å². The van der Waals surface area contributed by atoms with Crippen molar-refractivity contribution in [2.45, 2.75) is 106 Å². The van der Waals surface area contributed by atoms with Crippen molar-refractivity contribution in [3.8, 4) is 0 Å². The summed E-state index contributed by atoms with van der Waals surface area (Å²) in [4.78, 5) is 23.1. The van der Waals surface area contributed by atoms with Gasteiger partial charge in [0.2, 0.25) is 11.8 Å². The maximum Gasteiger partial charge on any atom is 0.217 e. The van der Waals surface area contributed by atoms with E-state index in [0.717, 1.165) is 0 Å². The molecule has 0 aromatic carbocycles. The fraction of sp³-hybridized carbons (Fsp3) is 0.909. The van der Waals surface area contributed by atoms with Crippen molar-refractivity contribution in [3.63, 3.8) is 0 Å². The summed E-state index contributed by atoms with van der Waals surface area (Å²) in [6, 6.07) is -2.31. The molecule has 6 unspecified atom stereocenters. The van der Waals surface area contributed by atoms with Crippen molar-refractivity contribution < 1.29 is 69.0 Å². The van der Waals surface area contributed by atoms with Gasteiger partial charge in [-0.15, -0.1) is 0 Å². The fourth-order valence-corrected chi connectivity index (χ4v) is 4.85. The molecule has 220 valence electrons. The van der Waals surface area contributed by atoms with Gasteiger partial charge in [-0.25, -0.2) is 0 Å². The molecule has 13 atom stereocenters. The lowest BCUT2D eigenvalue weighted by Gasteiger charge is -2.47. The molecule has 0 aromatic rings. The lowest BCUT2D eigenvalue weighted by molar-refractivity contribution is -0.341. The number of amides is 2. The lowest BCUT2D eigenvalue weighted by atomic mass is 9.96. The summed E-state index contributed by atoms with van der Waals surface area (Å²) in [5.41, 5.74) is 0. The van der Waals surface area contributed by atoms with Gasteiger partial charge in [-0.2, -0.15) is 0 Å². The fourth-order valence-electron chi connectivity index (χ4n) is 4.85. The standard InChI is InChI=1S/C22H38N2O14/c1-8(28)23-16-11(30)3-10(5-25)34-22(16)38-19-12(31)4-15(35-13(19)6-26)37-20-14(7-27)36-21(33)17(18(20)32)24-9(2)29/h10-22,25-27,30-33H,3-7H2,1-2H3,(H,23,28)(H,24,29)/t10-,11?,12?,13?,14+,15+,16?,17?,18?,19+,20-,21-,22+/m1/s1. The summed E-state index contributed by atoms with van der Waals surface area (Å²) in [7, 11) is 0. The second-order valence-corrected chi connectivity index (χ2v) is 9.59. The van der Waals surface area contributed by atoms with Crippen LogP contribution >= 0.6 is 0 Å². The molecule has 3 aliphatic heterocycles. The van der Waals surface area contributed by atoms with Crippen molar-refractivity contribution in [1.29, 1.82) is 0 Å². The Morgan fingerprint density at radius 3 is 1.95 bits per heavy atom. The van der Waals surface area contributed by atoms with Crippen LogP contribution in [0.25, 0.3) is 0 Å². The second kappa shape index (κ2) is 13.7. The molecular formula is C22H38N2O14. The minimum Gasteiger partial charge on any atom is -0.394 e. The molecule has 3 rings (SSSR count). The van der Waals surface area contributed by atoms with Gasteiger partial charge in [0.15, 0.2) is 18.9 Å². The Labute approximate surface area is 218 Å². The lowest BCUT2D eigenvalue weighted by Crippen LogP contribution is -2.66. The molecule has 3 heterocycles. The summed E-state index contributed by atoms with van der Waals surface area (Å²) >= 11 is 0. The first kappa shape index (κ1) is 31.0. The average molecular weight is 555 g/mol. The summed E-state index contributed by atoms with van der Waals surface area (Å²) in [5, 5.41) is 76.1. The van der Waals surface area contributed by atoms with Gasteiger partial charge in [0.1, 0.15) is 42.6 Å². The first-order chi connectivity index (χ1) is 18.0. The summed E-state index contributed by atoms with van der Waals surface area (Å²) in [6.45, 7) is 0.657. The molecule has 3 fully saturated rings. The molecule has 38 heavy (non-hydrogen) atoms. The van der Waals surface area contributed by atoms with E-state index in [2.05, 4.69) is 10.6 Å². The molecule has 0 aliphatic carbocycles. The van der Waals surface area contributed by atoms with E-state index in [9.17, 15) is 45.3 Å². The number of hydrogen-bond donors (Lipinski definition) is 9. The van der Waals surface area contributed by atoms with E-state index in [1.165, 1.54) is 13.8 Å². The van der Waals surface area contributed by atoms with E-state index >= 15 is 0 Å². The van der Waals surface area contributed by atoms with Crippen LogP contribution in [0.2, 0.25) is 0 Å². The van der Waals surface area contributed by atoms with Crippen molar-refractivity contribution in [2.24, 2.45) is 0 Å². The van der Waals surface area contributed by atoms with E-state index in [1.807, 2.05) is 0 Å². The average Bonchev–Trinajstić information content (AvgIpc) is 2.85. The monoisotopic (exact) mass is 554 g/mol. The van der Waals surface area contributed by atoms with Gasteiger partial charge in [0.25, 0.3) is 0 Å². The molecule has 3 aliphatic rings. The molecule has 16 nitrogen and oxygen atoms in total. The molecule has 0 spiro atoms. The van der Waals surface area contributed by atoms with E-state index < -0.39 is 111 Å². The van der Waals surface area contributed by atoms with Gasteiger partial charge in [0.05, 0.1) is 38.1 Å². The van der Waals surface area contributed by atoms with Crippen molar-refractivity contribution >= 4 is 11.8 Å². The largest absolute Gasteiger partial charge is 0.394 e. The Morgan fingerprint density at radius 2 is 1.37 bits per heavy atom. The van der Waals surface area contributed by atoms with E-state index in [0.29, 0.717) is 0 Å². The van der Waals surface area contributed by atoms with Gasteiger partial charge in [-0.1, -0.05) is 0 Å². The molecule has 0 saturated carbocycles. The third-order valence-electron chi connectivity index (χ3n) is 6.64. The molecule has 16 heteroatoms. The zero-order chi connectivity index (χ0) is 28.1. The predicted octanol–water partition coefficient (Wildman–Crippen LogP) is -5.23. The first-order valence-electron chi connectivity index (χ1n) is 12.3. The Bertz CT molecular complexity index is 791. The number of carbonyl (C=O) groups excluding carboxylic acids is 2. The van der Waals surface area contributed by atoms with Crippen LogP contribution in [0.4, 0.5) is 0 Å². The molecule has 9 N–H and O–H groups in total. The van der Waals surface area contributed by atoms with Gasteiger partial charge in [0, 0.05) is 26.7 Å². The SMILES string of the molecule is CC(=O)NC1C(O)C[C@H](CO)O[C@H]1O[C@H]1C(O)C[C@H](O[C@H]2C(O)C(NC(C)=O)[C@H](O)O[C@H]2CO)OC1CO. The first-order valence-corrected chi connectivity index (χ1v) is 12.3. The Kier molecular flexibility index (Phi) is 11.2. The Morgan fingerprint density at radius 1 is 0.763 bits per heavy atom. The summed E-state index contributed by atoms with van der Waals surface area (Å²) in [5.74, 6) is -1.03. The molecule has 0 radical (unpaired) electrons. The van der Waals surface area contributed by atoms with Crippen LogP contribution < -0.4 is 10.6 Å². The van der Waals surface area contributed by atoms with E-state index in [1.54, 1.807) is 0 Å². The van der Waals surface area contributed by atoms with Crippen molar-refractivity contribution in [1.82, 2.24) is 10.6 Å². The quantitative estimate of drug-likeness (QED) is 0.129. The summed E-state index contributed by atoms with van der Waals surface area (Å²) < 4.78 is 28.3. The van der Waals surface area contributed by atoms with E-state index in [4.69, 9.17) is 23.7 Å². The third kappa shape index (κ3) is 7.35. The number of carbonyl (C=O) groups is 2. The molecule has 2 amide bonds. The highest BCUT2D eigenvalue weighted by atomic mass is 16.7. The molecule has 3 saturated heterocycles. The zero-order valence-corrected chi connectivity index (χ0v) is 21.0. The van der Waals surface area contributed by atoms with Crippen LogP contribution in [0.15, 0.2) is 0 Å². The Hall–Kier alpha value is -1.54. The van der Waals surface area contributed by atoms with Crippen LogP contribution in [0.1, 0.15) is 26.7 Å². The second-order valence-electron chi connectivity index (χ2n) is 9.59. The van der Waals surface area contributed by atoms with E-state index in [-0.39, 0.29) is 12.8 Å². The number of rotatable bonds is 9. The summed E-state index contributed by atoms with van der Waals surface area (Å²) in [6.07, 6.45) is -14.2. The predicted molar refractivity (Wildman–Crippen MR) is 122 cm³/mol.